The van der Waals surface area contributed by atoms with Crippen molar-refractivity contribution < 1.29 is 29.4 Å². The first kappa shape index (κ1) is 23.5. The number of nitrogens with one attached hydrogen (secondary N) is 4. The number of imidazole rings is 1. The number of aliphatic carboxylic acids is 2. The largest absolute Gasteiger partial charge is 0.481 e. The number of carbonyl (C=O) groups excluding carboxylic acids is 2. The van der Waals surface area contributed by atoms with E-state index in [1.54, 1.807) is 6.20 Å². The molecule has 0 aliphatic heterocycles. The lowest BCUT2D eigenvalue weighted by Gasteiger charge is -2.22. The van der Waals surface area contributed by atoms with Crippen molar-refractivity contribution >= 4 is 34.7 Å². The summed E-state index contributed by atoms with van der Waals surface area (Å²) in [5.74, 6) is -4.36. The predicted molar refractivity (Wildman–Crippen MR) is 116 cm³/mol. The zero-order valence-electron chi connectivity index (χ0n) is 17.4. The molecule has 12 nitrogen and oxygen atoms in total. The van der Waals surface area contributed by atoms with Crippen LogP contribution < -0.4 is 16.4 Å². The van der Waals surface area contributed by atoms with E-state index in [-0.39, 0.29) is 12.8 Å². The summed E-state index contributed by atoms with van der Waals surface area (Å²) in [6, 6.07) is 3.49. The molecule has 12 heteroatoms. The van der Waals surface area contributed by atoms with Crippen LogP contribution in [0.15, 0.2) is 43.0 Å². The number of fused-ring (bicyclic) bond motifs is 1. The molecule has 2 aromatic heterocycles. The van der Waals surface area contributed by atoms with Crippen LogP contribution in [-0.4, -0.2) is 67.0 Å². The van der Waals surface area contributed by atoms with Crippen LogP contribution in [0.5, 0.6) is 0 Å². The van der Waals surface area contributed by atoms with Crippen molar-refractivity contribution in [3.8, 4) is 0 Å². The van der Waals surface area contributed by atoms with E-state index in [2.05, 4.69) is 25.6 Å². The van der Waals surface area contributed by atoms with E-state index in [4.69, 9.17) is 10.8 Å². The third-order valence-electron chi connectivity index (χ3n) is 5.06. The number of H-pyrrole nitrogens is 2. The number of carbonyl (C=O) groups is 4. The Kier molecular flexibility index (Phi) is 7.41. The number of nitrogens with zero attached hydrogens (tertiary/aromatic N) is 1. The molecule has 0 saturated carbocycles. The number of amides is 2. The van der Waals surface area contributed by atoms with E-state index >= 15 is 0 Å². The third kappa shape index (κ3) is 6.17. The van der Waals surface area contributed by atoms with Crippen molar-refractivity contribution in [1.29, 1.82) is 0 Å². The van der Waals surface area contributed by atoms with E-state index in [1.807, 2.05) is 24.3 Å². The Morgan fingerprint density at radius 1 is 1.00 bits per heavy atom. The van der Waals surface area contributed by atoms with Crippen LogP contribution in [0.25, 0.3) is 10.9 Å². The van der Waals surface area contributed by atoms with Gasteiger partial charge in [-0.2, -0.15) is 0 Å². The monoisotopic (exact) mass is 456 g/mol. The van der Waals surface area contributed by atoms with Crippen LogP contribution in [0, 0.1) is 0 Å². The first-order chi connectivity index (χ1) is 15.7. The van der Waals surface area contributed by atoms with Crippen molar-refractivity contribution in [3.05, 3.63) is 54.2 Å². The summed E-state index contributed by atoms with van der Waals surface area (Å²) in [5, 5.41) is 23.8. The van der Waals surface area contributed by atoms with Crippen LogP contribution in [0.3, 0.4) is 0 Å². The average molecular weight is 456 g/mol. The molecule has 174 valence electrons. The summed E-state index contributed by atoms with van der Waals surface area (Å²) in [6.45, 7) is 0. The highest BCUT2D eigenvalue weighted by atomic mass is 16.4. The highest BCUT2D eigenvalue weighted by Crippen LogP contribution is 2.19. The van der Waals surface area contributed by atoms with Crippen molar-refractivity contribution in [2.24, 2.45) is 5.73 Å². The quantitative estimate of drug-likeness (QED) is 0.200. The lowest BCUT2D eigenvalue weighted by atomic mass is 10.0. The highest BCUT2D eigenvalue weighted by molar-refractivity contribution is 5.93. The minimum absolute atomic E-state index is 0.0256. The molecule has 0 aliphatic rings. The van der Waals surface area contributed by atoms with Crippen LogP contribution in [0.4, 0.5) is 0 Å². The topological polar surface area (TPSA) is 203 Å². The van der Waals surface area contributed by atoms with E-state index in [0.717, 1.165) is 10.9 Å². The molecule has 3 aromatic rings. The smallest absolute Gasteiger partial charge is 0.326 e. The second-order valence-electron chi connectivity index (χ2n) is 7.51. The molecule has 0 aliphatic carbocycles. The standard InChI is InChI=1S/C21H24N6O6/c22-14(6-12-9-23-10-25-12)19(30)26-16(20(31)27-17(21(32)33)7-18(28)29)5-11-8-24-15-4-2-1-3-13(11)15/h1-4,8-10,14,16-17,24H,5-7,22H2,(H,23,25)(H,26,30)(H,27,31)(H,28,29)(H,32,33). The number of hydrogen-bond acceptors (Lipinski definition) is 6. The van der Waals surface area contributed by atoms with Gasteiger partial charge in [0.05, 0.1) is 18.8 Å². The normalized spacial score (nSPS) is 13.7. The minimum Gasteiger partial charge on any atom is -0.481 e. The van der Waals surface area contributed by atoms with E-state index < -0.39 is 48.3 Å². The summed E-state index contributed by atoms with van der Waals surface area (Å²) < 4.78 is 0. The van der Waals surface area contributed by atoms with E-state index in [1.165, 1.54) is 12.5 Å². The Morgan fingerprint density at radius 2 is 1.73 bits per heavy atom. The van der Waals surface area contributed by atoms with Gasteiger partial charge < -0.3 is 36.5 Å². The lowest BCUT2D eigenvalue weighted by Crippen LogP contribution is -2.55. The predicted octanol–water partition coefficient (Wildman–Crippen LogP) is -0.468. The molecule has 2 heterocycles. The molecule has 0 fully saturated rings. The third-order valence-corrected chi connectivity index (χ3v) is 5.06. The fourth-order valence-corrected chi connectivity index (χ4v) is 3.38. The first-order valence-corrected chi connectivity index (χ1v) is 10.1. The molecular formula is C21H24N6O6. The Morgan fingerprint density at radius 3 is 2.39 bits per heavy atom. The molecule has 3 atom stereocenters. The second-order valence-corrected chi connectivity index (χ2v) is 7.51. The van der Waals surface area contributed by atoms with Gasteiger partial charge in [0, 0.05) is 41.8 Å². The summed E-state index contributed by atoms with van der Waals surface area (Å²) in [5.41, 5.74) is 8.12. The highest BCUT2D eigenvalue weighted by Gasteiger charge is 2.30. The Labute approximate surface area is 187 Å². The van der Waals surface area contributed by atoms with E-state index in [9.17, 15) is 24.3 Å². The molecule has 8 N–H and O–H groups in total. The van der Waals surface area contributed by atoms with Gasteiger partial charge in [0.15, 0.2) is 0 Å². The van der Waals surface area contributed by atoms with Crippen LogP contribution in [0.1, 0.15) is 17.7 Å². The molecular weight excluding hydrogens is 432 g/mol. The Bertz CT molecular complexity index is 1140. The van der Waals surface area contributed by atoms with E-state index in [0.29, 0.717) is 11.3 Å². The van der Waals surface area contributed by atoms with Gasteiger partial charge in [-0.25, -0.2) is 9.78 Å². The van der Waals surface area contributed by atoms with Gasteiger partial charge in [-0.05, 0) is 11.6 Å². The molecule has 2 amide bonds. The maximum absolute atomic E-state index is 12.9. The molecule has 0 saturated heterocycles. The summed E-state index contributed by atoms with van der Waals surface area (Å²) in [7, 11) is 0. The average Bonchev–Trinajstić information content (AvgIpc) is 3.42. The van der Waals surface area contributed by atoms with Crippen LogP contribution in [0.2, 0.25) is 0 Å². The van der Waals surface area contributed by atoms with Gasteiger partial charge in [0.1, 0.15) is 12.1 Å². The van der Waals surface area contributed by atoms with Crippen molar-refractivity contribution in [2.75, 3.05) is 0 Å². The number of nitrogens with two attached hydrogens (primary N) is 1. The van der Waals surface area contributed by atoms with Gasteiger partial charge >= 0.3 is 11.9 Å². The van der Waals surface area contributed by atoms with Gasteiger partial charge in [0.2, 0.25) is 11.8 Å². The number of para-hydroxylation sites is 1. The Hall–Kier alpha value is -4.19. The molecule has 3 unspecified atom stereocenters. The molecule has 0 bridgehead atoms. The van der Waals surface area contributed by atoms with Gasteiger partial charge in [-0.15, -0.1) is 0 Å². The second kappa shape index (κ2) is 10.4. The number of rotatable bonds is 11. The summed E-state index contributed by atoms with van der Waals surface area (Å²) in [6.07, 6.45) is 4.01. The first-order valence-electron chi connectivity index (χ1n) is 10.1. The number of aromatic amines is 2. The fraction of sp³-hybridized carbons (Fsp3) is 0.286. The molecule has 1 aromatic carbocycles. The Balaban J connectivity index is 1.80. The van der Waals surface area contributed by atoms with Crippen LogP contribution >= 0.6 is 0 Å². The minimum atomic E-state index is -1.66. The van der Waals surface area contributed by atoms with Gasteiger partial charge in [0.25, 0.3) is 0 Å². The summed E-state index contributed by atoms with van der Waals surface area (Å²) >= 11 is 0. The number of benzene rings is 1. The number of carboxylic acid groups (broad SMARTS) is 2. The molecule has 0 radical (unpaired) electrons. The van der Waals surface area contributed by atoms with Crippen LogP contribution in [-0.2, 0) is 32.0 Å². The van der Waals surface area contributed by atoms with Crippen molar-refractivity contribution in [1.82, 2.24) is 25.6 Å². The number of hydrogen-bond donors (Lipinski definition) is 7. The zero-order chi connectivity index (χ0) is 24.0. The lowest BCUT2D eigenvalue weighted by molar-refractivity contribution is -0.147. The molecule has 33 heavy (non-hydrogen) atoms. The molecule has 3 rings (SSSR count). The summed E-state index contributed by atoms with van der Waals surface area (Å²) in [4.78, 5) is 57.8. The van der Waals surface area contributed by atoms with Gasteiger partial charge in [-0.3, -0.25) is 14.4 Å². The molecule has 0 spiro atoms. The number of aromatic nitrogens is 3. The van der Waals surface area contributed by atoms with Crippen molar-refractivity contribution in [3.63, 3.8) is 0 Å². The zero-order valence-corrected chi connectivity index (χ0v) is 17.4. The maximum Gasteiger partial charge on any atom is 0.326 e. The van der Waals surface area contributed by atoms with Gasteiger partial charge in [-0.1, -0.05) is 18.2 Å². The maximum atomic E-state index is 12.9. The van der Waals surface area contributed by atoms with Crippen molar-refractivity contribution in [2.45, 2.75) is 37.4 Å². The number of carboxylic acids is 2. The SMILES string of the molecule is NC(Cc1cnc[nH]1)C(=O)NC(Cc1c[nH]c2ccccc12)C(=O)NC(CC(=O)O)C(=O)O. The fourth-order valence-electron chi connectivity index (χ4n) is 3.38.